The highest BCUT2D eigenvalue weighted by atomic mass is 32.2. The van der Waals surface area contributed by atoms with Crippen LogP contribution in [0.3, 0.4) is 0 Å². The van der Waals surface area contributed by atoms with Crippen molar-refractivity contribution in [2.45, 2.75) is 18.0 Å². The van der Waals surface area contributed by atoms with E-state index in [1.54, 1.807) is 7.11 Å². The van der Waals surface area contributed by atoms with Gasteiger partial charge in [-0.3, -0.25) is 4.79 Å². The normalized spacial score (nSPS) is 10.6. The van der Waals surface area contributed by atoms with Crippen molar-refractivity contribution < 1.29 is 9.53 Å². The maximum atomic E-state index is 12.0. The van der Waals surface area contributed by atoms with Crippen LogP contribution in [-0.4, -0.2) is 40.1 Å². The van der Waals surface area contributed by atoms with Gasteiger partial charge in [-0.05, 0) is 24.1 Å². The van der Waals surface area contributed by atoms with Crippen molar-refractivity contribution in [3.8, 4) is 17.1 Å². The molecular formula is C21H24N4O2S. The molecule has 28 heavy (non-hydrogen) atoms. The van der Waals surface area contributed by atoms with Gasteiger partial charge in [-0.15, -0.1) is 10.2 Å². The number of amides is 1. The van der Waals surface area contributed by atoms with E-state index in [1.165, 1.54) is 17.3 Å². The Balaban J connectivity index is 1.40. The molecule has 0 saturated carbocycles. The van der Waals surface area contributed by atoms with Crippen molar-refractivity contribution in [1.82, 2.24) is 20.1 Å². The third-order valence-electron chi connectivity index (χ3n) is 4.32. The molecule has 0 unspecified atom stereocenters. The molecule has 7 heteroatoms. The van der Waals surface area contributed by atoms with Gasteiger partial charge in [-0.2, -0.15) is 0 Å². The number of nitrogens with zero attached hydrogens (tertiary/aromatic N) is 3. The lowest BCUT2D eigenvalue weighted by atomic mass is 10.1. The zero-order valence-electron chi connectivity index (χ0n) is 16.1. The largest absolute Gasteiger partial charge is 0.497 e. The smallest absolute Gasteiger partial charge is 0.220 e. The fraction of sp³-hybridized carbons (Fsp3) is 0.286. The topological polar surface area (TPSA) is 69.0 Å². The van der Waals surface area contributed by atoms with Gasteiger partial charge in [0.2, 0.25) is 5.91 Å². The van der Waals surface area contributed by atoms with Crippen LogP contribution in [0.25, 0.3) is 11.4 Å². The molecule has 6 nitrogen and oxygen atoms in total. The number of nitrogens with one attached hydrogen (secondary N) is 1. The van der Waals surface area contributed by atoms with Crippen molar-refractivity contribution in [2.75, 3.05) is 19.4 Å². The van der Waals surface area contributed by atoms with E-state index in [0.717, 1.165) is 28.7 Å². The van der Waals surface area contributed by atoms with Gasteiger partial charge in [0, 0.05) is 31.3 Å². The Labute approximate surface area is 169 Å². The molecule has 2 aromatic carbocycles. The molecular weight excluding hydrogens is 372 g/mol. The molecule has 0 radical (unpaired) electrons. The summed E-state index contributed by atoms with van der Waals surface area (Å²) in [5.41, 5.74) is 2.20. The van der Waals surface area contributed by atoms with E-state index in [9.17, 15) is 4.79 Å². The van der Waals surface area contributed by atoms with Crippen LogP contribution >= 0.6 is 11.8 Å². The maximum Gasteiger partial charge on any atom is 0.220 e. The molecule has 0 aliphatic heterocycles. The van der Waals surface area contributed by atoms with E-state index in [0.29, 0.717) is 18.7 Å². The first-order valence-corrected chi connectivity index (χ1v) is 10.1. The molecule has 0 fully saturated rings. The second-order valence-corrected chi connectivity index (χ2v) is 7.34. The third kappa shape index (κ3) is 5.36. The highest BCUT2D eigenvalue weighted by molar-refractivity contribution is 7.99. The first-order valence-electron chi connectivity index (χ1n) is 9.14. The summed E-state index contributed by atoms with van der Waals surface area (Å²) >= 11 is 1.54. The minimum atomic E-state index is 0.0477. The number of carbonyl (C=O) groups excluding carboxylic acids is 1. The van der Waals surface area contributed by atoms with Gasteiger partial charge in [0.15, 0.2) is 11.0 Å². The Morgan fingerprint density at radius 1 is 1.11 bits per heavy atom. The molecule has 0 saturated heterocycles. The summed E-state index contributed by atoms with van der Waals surface area (Å²) < 4.78 is 7.10. The summed E-state index contributed by atoms with van der Waals surface area (Å²) in [5, 5.41) is 12.3. The standard InChI is InChI=1S/C21H24N4O2S/c1-25-20(17-6-4-3-5-7-17)23-24-21(25)28-15-13-19(26)22-14-12-16-8-10-18(27-2)11-9-16/h3-11H,12-15H2,1-2H3,(H,22,26). The maximum absolute atomic E-state index is 12.0. The lowest BCUT2D eigenvalue weighted by Crippen LogP contribution is -2.25. The average Bonchev–Trinajstić information content (AvgIpc) is 3.09. The first-order chi connectivity index (χ1) is 13.7. The van der Waals surface area contributed by atoms with Gasteiger partial charge >= 0.3 is 0 Å². The molecule has 1 N–H and O–H groups in total. The molecule has 3 rings (SSSR count). The van der Waals surface area contributed by atoms with Crippen molar-refractivity contribution >= 4 is 17.7 Å². The number of carbonyl (C=O) groups is 1. The van der Waals surface area contributed by atoms with E-state index in [2.05, 4.69) is 15.5 Å². The van der Waals surface area contributed by atoms with E-state index in [-0.39, 0.29) is 5.91 Å². The van der Waals surface area contributed by atoms with Crippen LogP contribution in [-0.2, 0) is 18.3 Å². The van der Waals surface area contributed by atoms with Crippen LogP contribution in [0, 0.1) is 0 Å². The minimum absolute atomic E-state index is 0.0477. The van der Waals surface area contributed by atoms with E-state index < -0.39 is 0 Å². The second-order valence-electron chi connectivity index (χ2n) is 6.28. The van der Waals surface area contributed by atoms with E-state index in [1.807, 2.05) is 66.2 Å². The summed E-state index contributed by atoms with van der Waals surface area (Å²) in [5.74, 6) is 2.37. The molecule has 0 spiro atoms. The molecule has 1 aromatic heterocycles. The lowest BCUT2D eigenvalue weighted by molar-refractivity contribution is -0.120. The summed E-state index contributed by atoms with van der Waals surface area (Å²) in [6.07, 6.45) is 1.24. The van der Waals surface area contributed by atoms with Crippen LogP contribution in [0.2, 0.25) is 0 Å². The number of thioether (sulfide) groups is 1. The predicted molar refractivity (Wildman–Crippen MR) is 111 cm³/mol. The molecule has 1 heterocycles. The Hall–Kier alpha value is -2.80. The number of aromatic nitrogens is 3. The number of hydrogen-bond donors (Lipinski definition) is 1. The number of ether oxygens (including phenoxy) is 1. The minimum Gasteiger partial charge on any atom is -0.497 e. The van der Waals surface area contributed by atoms with Crippen molar-refractivity contribution in [3.63, 3.8) is 0 Å². The highest BCUT2D eigenvalue weighted by Crippen LogP contribution is 2.22. The Morgan fingerprint density at radius 3 is 2.57 bits per heavy atom. The molecule has 0 atom stereocenters. The third-order valence-corrected chi connectivity index (χ3v) is 5.34. The molecule has 3 aromatic rings. The van der Waals surface area contributed by atoms with Crippen LogP contribution < -0.4 is 10.1 Å². The van der Waals surface area contributed by atoms with Crippen LogP contribution in [0.1, 0.15) is 12.0 Å². The van der Waals surface area contributed by atoms with Crippen LogP contribution in [0.15, 0.2) is 59.8 Å². The molecule has 146 valence electrons. The van der Waals surface area contributed by atoms with Crippen LogP contribution in [0.4, 0.5) is 0 Å². The van der Waals surface area contributed by atoms with Gasteiger partial charge < -0.3 is 14.6 Å². The van der Waals surface area contributed by atoms with Crippen molar-refractivity contribution in [2.24, 2.45) is 7.05 Å². The average molecular weight is 397 g/mol. The number of rotatable bonds is 9. The van der Waals surface area contributed by atoms with Gasteiger partial charge in [0.1, 0.15) is 5.75 Å². The number of hydrogen-bond acceptors (Lipinski definition) is 5. The molecule has 0 aliphatic carbocycles. The summed E-state index contributed by atoms with van der Waals surface area (Å²) in [4.78, 5) is 12.0. The number of methoxy groups -OCH3 is 1. The monoisotopic (exact) mass is 396 g/mol. The summed E-state index contributed by atoms with van der Waals surface area (Å²) in [6.45, 7) is 0.623. The zero-order valence-corrected chi connectivity index (χ0v) is 16.9. The fourth-order valence-corrected chi connectivity index (χ4v) is 3.59. The molecule has 0 aliphatic rings. The Bertz CT molecular complexity index is 895. The van der Waals surface area contributed by atoms with E-state index >= 15 is 0 Å². The quantitative estimate of drug-likeness (QED) is 0.562. The fourth-order valence-electron chi connectivity index (χ4n) is 2.74. The Kier molecular flexibility index (Phi) is 7.08. The van der Waals surface area contributed by atoms with Gasteiger partial charge in [-0.1, -0.05) is 54.2 Å². The number of benzene rings is 2. The second kappa shape index (κ2) is 9.94. The van der Waals surface area contributed by atoms with Crippen LogP contribution in [0.5, 0.6) is 5.75 Å². The first kappa shape index (κ1) is 19.9. The molecule has 0 bridgehead atoms. The SMILES string of the molecule is COc1ccc(CCNC(=O)CCSc2nnc(-c3ccccc3)n2C)cc1. The summed E-state index contributed by atoms with van der Waals surface area (Å²) in [7, 11) is 3.59. The Morgan fingerprint density at radius 2 is 1.86 bits per heavy atom. The molecule has 1 amide bonds. The zero-order chi connectivity index (χ0) is 19.8. The van der Waals surface area contributed by atoms with Gasteiger partial charge in [0.25, 0.3) is 0 Å². The van der Waals surface area contributed by atoms with Gasteiger partial charge in [-0.25, -0.2) is 0 Å². The van der Waals surface area contributed by atoms with Crippen molar-refractivity contribution in [1.29, 1.82) is 0 Å². The van der Waals surface area contributed by atoms with E-state index in [4.69, 9.17) is 4.74 Å². The summed E-state index contributed by atoms with van der Waals surface area (Å²) in [6, 6.07) is 17.8. The van der Waals surface area contributed by atoms with Gasteiger partial charge in [0.05, 0.1) is 7.11 Å². The lowest BCUT2D eigenvalue weighted by Gasteiger charge is -2.06. The highest BCUT2D eigenvalue weighted by Gasteiger charge is 2.11. The van der Waals surface area contributed by atoms with Crippen molar-refractivity contribution in [3.05, 3.63) is 60.2 Å². The predicted octanol–water partition coefficient (Wildman–Crippen LogP) is 3.33.